The Bertz CT molecular complexity index is 418. The number of Topliss-reactive ketones (excluding diaryl/α,β-unsaturated/α-hetero) is 1. The topological polar surface area (TPSA) is 55.4 Å². The second-order valence-corrected chi connectivity index (χ2v) is 3.77. The van der Waals surface area contributed by atoms with Crippen molar-refractivity contribution in [2.45, 2.75) is 20.3 Å². The molecule has 1 rings (SSSR count). The van der Waals surface area contributed by atoms with E-state index in [9.17, 15) is 9.59 Å². The number of benzene rings is 1. The van der Waals surface area contributed by atoms with Crippen LogP contribution in [0, 0.1) is 6.92 Å². The second kappa shape index (κ2) is 5.51. The summed E-state index contributed by atoms with van der Waals surface area (Å²) in [6.07, 6.45) is -0.243. The molecule has 5 heteroatoms. The van der Waals surface area contributed by atoms with Crippen LogP contribution in [0.3, 0.4) is 0 Å². The number of carbonyl (C=O) groups is 2. The predicted molar refractivity (Wildman–Crippen MR) is 61.2 cm³/mol. The molecule has 86 valence electrons. The molecule has 0 unspecified atom stereocenters. The third-order valence-electron chi connectivity index (χ3n) is 1.94. The number of hydrogen-bond acceptors (Lipinski definition) is 4. The zero-order chi connectivity index (χ0) is 12.1. The van der Waals surface area contributed by atoms with E-state index in [0.717, 1.165) is 5.56 Å². The lowest BCUT2D eigenvalue weighted by atomic mass is 10.2. The number of hydrogen-bond donors (Lipinski definition) is 1. The average molecular weight is 242 g/mol. The molecular formula is C11H12ClNO3. The summed E-state index contributed by atoms with van der Waals surface area (Å²) >= 11 is 5.88. The van der Waals surface area contributed by atoms with E-state index in [4.69, 9.17) is 16.4 Å². The fourth-order valence-corrected chi connectivity index (χ4v) is 1.24. The standard InChI is InChI=1S/C11H12ClNO3/c1-7(14)6-11(15)16-13-10-5-3-4-9(12)8(10)2/h3-5,13H,6H2,1-2H3. The van der Waals surface area contributed by atoms with E-state index in [1.807, 2.05) is 0 Å². The fraction of sp³-hybridized carbons (Fsp3) is 0.273. The number of ketones is 1. The fourth-order valence-electron chi connectivity index (χ4n) is 1.07. The molecule has 0 bridgehead atoms. The van der Waals surface area contributed by atoms with Gasteiger partial charge in [0.1, 0.15) is 12.2 Å². The quantitative estimate of drug-likeness (QED) is 0.650. The minimum absolute atomic E-state index is 0.241. The summed E-state index contributed by atoms with van der Waals surface area (Å²) in [6, 6.07) is 5.19. The summed E-state index contributed by atoms with van der Waals surface area (Å²) in [7, 11) is 0. The van der Waals surface area contributed by atoms with Gasteiger partial charge in [-0.05, 0) is 31.5 Å². The van der Waals surface area contributed by atoms with E-state index in [1.165, 1.54) is 6.92 Å². The second-order valence-electron chi connectivity index (χ2n) is 3.37. The molecule has 1 aromatic carbocycles. The molecule has 0 fully saturated rings. The maximum atomic E-state index is 11.1. The van der Waals surface area contributed by atoms with Crippen molar-refractivity contribution in [2.75, 3.05) is 5.48 Å². The van der Waals surface area contributed by atoms with Gasteiger partial charge in [-0.3, -0.25) is 4.79 Å². The first kappa shape index (κ1) is 12.5. The molecule has 0 atom stereocenters. The smallest absolute Gasteiger partial charge is 0.339 e. The first-order valence-electron chi connectivity index (χ1n) is 4.71. The van der Waals surface area contributed by atoms with Gasteiger partial charge in [-0.15, -0.1) is 0 Å². The molecular weight excluding hydrogens is 230 g/mol. The van der Waals surface area contributed by atoms with Crippen LogP contribution in [-0.2, 0) is 14.4 Å². The molecule has 0 spiro atoms. The summed E-state index contributed by atoms with van der Waals surface area (Å²) in [4.78, 5) is 26.4. The number of halogens is 1. The van der Waals surface area contributed by atoms with Gasteiger partial charge in [-0.2, -0.15) is 0 Å². The number of anilines is 1. The van der Waals surface area contributed by atoms with Gasteiger partial charge in [0.15, 0.2) is 0 Å². The lowest BCUT2D eigenvalue weighted by Crippen LogP contribution is -2.13. The van der Waals surface area contributed by atoms with Gasteiger partial charge >= 0.3 is 5.97 Å². The lowest BCUT2D eigenvalue weighted by Gasteiger charge is -2.09. The van der Waals surface area contributed by atoms with E-state index in [-0.39, 0.29) is 12.2 Å². The van der Waals surface area contributed by atoms with E-state index in [0.29, 0.717) is 10.7 Å². The van der Waals surface area contributed by atoms with Gasteiger partial charge < -0.3 is 4.84 Å². The van der Waals surface area contributed by atoms with Crippen molar-refractivity contribution in [3.63, 3.8) is 0 Å². The molecule has 0 aliphatic heterocycles. The Labute approximate surface area is 98.5 Å². The molecule has 0 amide bonds. The van der Waals surface area contributed by atoms with Gasteiger partial charge in [-0.1, -0.05) is 17.7 Å². The SMILES string of the molecule is CC(=O)CC(=O)ONc1cccc(Cl)c1C. The Balaban J connectivity index is 2.58. The normalized spacial score (nSPS) is 9.69. The molecule has 1 N–H and O–H groups in total. The Morgan fingerprint density at radius 3 is 2.75 bits per heavy atom. The van der Waals surface area contributed by atoms with Crippen molar-refractivity contribution in [1.29, 1.82) is 0 Å². The largest absolute Gasteiger partial charge is 0.343 e. The van der Waals surface area contributed by atoms with Gasteiger partial charge in [-0.25, -0.2) is 10.3 Å². The van der Waals surface area contributed by atoms with Crippen LogP contribution in [0.5, 0.6) is 0 Å². The summed E-state index contributed by atoms with van der Waals surface area (Å²) < 4.78 is 0. The zero-order valence-electron chi connectivity index (χ0n) is 9.04. The first-order valence-corrected chi connectivity index (χ1v) is 5.08. The molecule has 0 saturated carbocycles. The average Bonchev–Trinajstić information content (AvgIpc) is 2.19. The summed E-state index contributed by atoms with van der Waals surface area (Å²) in [5, 5.41) is 0.576. The summed E-state index contributed by atoms with van der Waals surface area (Å²) in [6.45, 7) is 3.12. The predicted octanol–water partition coefficient (Wildman–Crippen LogP) is 2.50. The highest BCUT2D eigenvalue weighted by Gasteiger charge is 2.08. The maximum Gasteiger partial charge on any atom is 0.339 e. The maximum absolute atomic E-state index is 11.1. The molecule has 1 aromatic rings. The van der Waals surface area contributed by atoms with Crippen LogP contribution in [0.4, 0.5) is 5.69 Å². The Morgan fingerprint density at radius 1 is 1.44 bits per heavy atom. The Morgan fingerprint density at radius 2 is 2.12 bits per heavy atom. The molecule has 16 heavy (non-hydrogen) atoms. The molecule has 4 nitrogen and oxygen atoms in total. The van der Waals surface area contributed by atoms with Crippen LogP contribution in [0.15, 0.2) is 18.2 Å². The molecule has 0 aromatic heterocycles. The number of carbonyl (C=O) groups excluding carboxylic acids is 2. The van der Waals surface area contributed by atoms with Crippen LogP contribution in [-0.4, -0.2) is 11.8 Å². The molecule has 0 saturated heterocycles. The Kier molecular flexibility index (Phi) is 4.31. The van der Waals surface area contributed by atoms with Gasteiger partial charge in [0.2, 0.25) is 0 Å². The van der Waals surface area contributed by atoms with E-state index >= 15 is 0 Å². The highest BCUT2D eigenvalue weighted by atomic mass is 35.5. The first-order chi connectivity index (χ1) is 7.50. The van der Waals surface area contributed by atoms with Crippen molar-refractivity contribution >= 4 is 29.0 Å². The van der Waals surface area contributed by atoms with Gasteiger partial charge in [0, 0.05) is 5.02 Å². The van der Waals surface area contributed by atoms with Crippen LogP contribution in [0.2, 0.25) is 5.02 Å². The van der Waals surface area contributed by atoms with Crippen molar-refractivity contribution < 1.29 is 14.4 Å². The number of nitrogens with one attached hydrogen (secondary N) is 1. The van der Waals surface area contributed by atoms with Crippen molar-refractivity contribution in [1.82, 2.24) is 0 Å². The van der Waals surface area contributed by atoms with Crippen molar-refractivity contribution in [2.24, 2.45) is 0 Å². The minimum Gasteiger partial charge on any atom is -0.343 e. The molecule has 0 heterocycles. The van der Waals surface area contributed by atoms with Crippen molar-refractivity contribution in [3.05, 3.63) is 28.8 Å². The van der Waals surface area contributed by atoms with E-state index in [1.54, 1.807) is 25.1 Å². The highest BCUT2D eigenvalue weighted by molar-refractivity contribution is 6.31. The van der Waals surface area contributed by atoms with Gasteiger partial charge in [0.05, 0.1) is 5.69 Å². The molecule has 0 aliphatic rings. The van der Waals surface area contributed by atoms with Crippen LogP contribution in [0.1, 0.15) is 18.9 Å². The lowest BCUT2D eigenvalue weighted by molar-refractivity contribution is -0.143. The van der Waals surface area contributed by atoms with Crippen molar-refractivity contribution in [3.8, 4) is 0 Å². The van der Waals surface area contributed by atoms with Crippen LogP contribution >= 0.6 is 11.6 Å². The molecule has 0 radical (unpaired) electrons. The van der Waals surface area contributed by atoms with Crippen LogP contribution in [0.25, 0.3) is 0 Å². The van der Waals surface area contributed by atoms with E-state index < -0.39 is 5.97 Å². The highest BCUT2D eigenvalue weighted by Crippen LogP contribution is 2.22. The van der Waals surface area contributed by atoms with Gasteiger partial charge in [0.25, 0.3) is 0 Å². The summed E-state index contributed by atoms with van der Waals surface area (Å²) in [5.74, 6) is -0.860. The zero-order valence-corrected chi connectivity index (χ0v) is 9.80. The third-order valence-corrected chi connectivity index (χ3v) is 2.35. The minimum atomic E-state index is -0.619. The number of rotatable bonds is 4. The monoisotopic (exact) mass is 241 g/mol. The van der Waals surface area contributed by atoms with E-state index in [2.05, 4.69) is 5.48 Å². The van der Waals surface area contributed by atoms with Crippen LogP contribution < -0.4 is 5.48 Å². The third kappa shape index (κ3) is 3.55. The summed E-state index contributed by atoms with van der Waals surface area (Å²) in [5.41, 5.74) is 3.85. The Hall–Kier alpha value is -1.55. The molecule has 0 aliphatic carbocycles.